The van der Waals surface area contributed by atoms with Gasteiger partial charge in [0, 0.05) is 17.1 Å². The highest BCUT2D eigenvalue weighted by Gasteiger charge is 2.09. The molecule has 0 amide bonds. The third kappa shape index (κ3) is 2.69. The molecular formula is C26H19N. The van der Waals surface area contributed by atoms with Gasteiger partial charge in [-0.15, -0.1) is 0 Å². The molecule has 0 atom stereocenters. The second kappa shape index (κ2) is 6.37. The summed E-state index contributed by atoms with van der Waals surface area (Å²) in [6, 6.07) is 32.3. The molecule has 27 heavy (non-hydrogen) atoms. The maximum Gasteiger partial charge on any atom is 0.0780 e. The maximum atomic E-state index is 4.70. The Kier molecular flexibility index (Phi) is 3.72. The molecule has 1 heteroatoms. The molecule has 0 bridgehead atoms. The molecule has 5 aromatic rings. The fourth-order valence-electron chi connectivity index (χ4n) is 3.87. The van der Waals surface area contributed by atoms with Gasteiger partial charge in [0.2, 0.25) is 0 Å². The largest absolute Gasteiger partial charge is 0.256 e. The molecule has 5 rings (SSSR count). The second-order valence-electron chi connectivity index (χ2n) is 6.93. The van der Waals surface area contributed by atoms with Crippen LogP contribution in [-0.2, 0) is 0 Å². The Bertz CT molecular complexity index is 1270. The SMILES string of the molecule is Cc1ccccc1-c1ccc(-c2nccc3c2ccc2ccccc23)cc1. The number of hydrogen-bond acceptors (Lipinski definition) is 1. The van der Waals surface area contributed by atoms with Crippen LogP contribution >= 0.6 is 0 Å². The highest BCUT2D eigenvalue weighted by atomic mass is 14.7. The van der Waals surface area contributed by atoms with Crippen LogP contribution < -0.4 is 0 Å². The van der Waals surface area contributed by atoms with E-state index in [0.29, 0.717) is 0 Å². The number of nitrogens with zero attached hydrogens (tertiary/aromatic N) is 1. The van der Waals surface area contributed by atoms with Crippen molar-refractivity contribution in [3.05, 3.63) is 103 Å². The van der Waals surface area contributed by atoms with Gasteiger partial charge in [0.25, 0.3) is 0 Å². The molecule has 1 heterocycles. The fourth-order valence-corrected chi connectivity index (χ4v) is 3.87. The Morgan fingerprint density at radius 3 is 2.15 bits per heavy atom. The van der Waals surface area contributed by atoms with Gasteiger partial charge in [0.15, 0.2) is 0 Å². The van der Waals surface area contributed by atoms with E-state index in [9.17, 15) is 0 Å². The van der Waals surface area contributed by atoms with Crippen LogP contribution in [0.5, 0.6) is 0 Å². The molecule has 4 aromatic carbocycles. The quantitative estimate of drug-likeness (QED) is 0.313. The lowest BCUT2D eigenvalue weighted by Gasteiger charge is -2.10. The standard InChI is InChI=1S/C26H19N/c1-18-6-2-4-8-22(18)20-10-12-21(13-11-20)26-25-15-14-19-7-3-5-9-23(19)24(25)16-17-27-26/h2-17H,1H3. The maximum absolute atomic E-state index is 4.70. The first-order valence-electron chi connectivity index (χ1n) is 9.24. The highest BCUT2D eigenvalue weighted by molar-refractivity contribution is 6.11. The number of aromatic nitrogens is 1. The predicted molar refractivity (Wildman–Crippen MR) is 115 cm³/mol. The lowest BCUT2D eigenvalue weighted by molar-refractivity contribution is 1.36. The minimum atomic E-state index is 1.04. The van der Waals surface area contributed by atoms with Crippen molar-refractivity contribution in [2.45, 2.75) is 6.92 Å². The van der Waals surface area contributed by atoms with Crippen LogP contribution in [0.25, 0.3) is 43.9 Å². The molecule has 0 aliphatic heterocycles. The first kappa shape index (κ1) is 15.8. The van der Waals surface area contributed by atoms with E-state index in [4.69, 9.17) is 4.98 Å². The summed E-state index contributed by atoms with van der Waals surface area (Å²) < 4.78 is 0. The Morgan fingerprint density at radius 1 is 0.556 bits per heavy atom. The lowest BCUT2D eigenvalue weighted by atomic mass is 9.96. The van der Waals surface area contributed by atoms with Gasteiger partial charge in [-0.05, 0) is 45.8 Å². The molecule has 128 valence electrons. The van der Waals surface area contributed by atoms with Crippen LogP contribution in [-0.4, -0.2) is 4.98 Å². The van der Waals surface area contributed by atoms with Crippen molar-refractivity contribution in [1.29, 1.82) is 0 Å². The Morgan fingerprint density at radius 2 is 1.30 bits per heavy atom. The molecular weight excluding hydrogens is 326 g/mol. The Labute approximate surface area is 158 Å². The number of fused-ring (bicyclic) bond motifs is 3. The average molecular weight is 345 g/mol. The molecule has 1 nitrogen and oxygen atoms in total. The number of benzene rings is 4. The molecule has 0 fully saturated rings. The second-order valence-corrected chi connectivity index (χ2v) is 6.93. The zero-order chi connectivity index (χ0) is 18.2. The topological polar surface area (TPSA) is 12.9 Å². The molecule has 0 aliphatic carbocycles. The summed E-state index contributed by atoms with van der Waals surface area (Å²) in [6.45, 7) is 2.15. The van der Waals surface area contributed by atoms with E-state index in [2.05, 4.69) is 97.9 Å². The van der Waals surface area contributed by atoms with Gasteiger partial charge in [-0.25, -0.2) is 0 Å². The Hall–Kier alpha value is -3.45. The monoisotopic (exact) mass is 345 g/mol. The summed E-state index contributed by atoms with van der Waals surface area (Å²) in [5, 5.41) is 4.98. The van der Waals surface area contributed by atoms with Gasteiger partial charge >= 0.3 is 0 Å². The summed E-state index contributed by atoms with van der Waals surface area (Å²) in [7, 11) is 0. The van der Waals surface area contributed by atoms with E-state index in [1.54, 1.807) is 0 Å². The first-order valence-corrected chi connectivity index (χ1v) is 9.24. The lowest BCUT2D eigenvalue weighted by Crippen LogP contribution is -1.88. The minimum absolute atomic E-state index is 1.04. The molecule has 0 radical (unpaired) electrons. The average Bonchev–Trinajstić information content (AvgIpc) is 2.74. The van der Waals surface area contributed by atoms with Crippen LogP contribution in [0.1, 0.15) is 5.56 Å². The molecule has 0 saturated heterocycles. The van der Waals surface area contributed by atoms with Crippen molar-refractivity contribution in [2.75, 3.05) is 0 Å². The van der Waals surface area contributed by atoms with E-state index in [1.165, 1.54) is 38.2 Å². The summed E-state index contributed by atoms with van der Waals surface area (Å²) >= 11 is 0. The van der Waals surface area contributed by atoms with Crippen LogP contribution in [0.4, 0.5) is 0 Å². The zero-order valence-corrected chi connectivity index (χ0v) is 15.2. The van der Waals surface area contributed by atoms with Crippen molar-refractivity contribution in [1.82, 2.24) is 4.98 Å². The van der Waals surface area contributed by atoms with E-state index >= 15 is 0 Å². The Balaban J connectivity index is 1.66. The summed E-state index contributed by atoms with van der Waals surface area (Å²) in [5.74, 6) is 0. The fraction of sp³-hybridized carbons (Fsp3) is 0.0385. The summed E-state index contributed by atoms with van der Waals surface area (Å²) in [4.78, 5) is 4.70. The van der Waals surface area contributed by atoms with Crippen LogP contribution in [0, 0.1) is 6.92 Å². The van der Waals surface area contributed by atoms with Crippen molar-refractivity contribution < 1.29 is 0 Å². The van der Waals surface area contributed by atoms with Crippen molar-refractivity contribution >= 4 is 21.5 Å². The van der Waals surface area contributed by atoms with Crippen molar-refractivity contribution in [2.24, 2.45) is 0 Å². The van der Waals surface area contributed by atoms with E-state index < -0.39 is 0 Å². The number of pyridine rings is 1. The minimum Gasteiger partial charge on any atom is -0.256 e. The zero-order valence-electron chi connectivity index (χ0n) is 15.2. The third-order valence-electron chi connectivity index (χ3n) is 5.29. The van der Waals surface area contributed by atoms with Gasteiger partial charge < -0.3 is 0 Å². The number of aryl methyl sites for hydroxylation is 1. The molecule has 0 spiro atoms. The number of hydrogen-bond donors (Lipinski definition) is 0. The van der Waals surface area contributed by atoms with Gasteiger partial charge in [0.1, 0.15) is 0 Å². The highest BCUT2D eigenvalue weighted by Crippen LogP contribution is 2.33. The van der Waals surface area contributed by atoms with E-state index in [-0.39, 0.29) is 0 Å². The molecule has 0 saturated carbocycles. The normalized spacial score (nSPS) is 11.1. The van der Waals surface area contributed by atoms with E-state index in [0.717, 1.165) is 11.3 Å². The predicted octanol–water partition coefficient (Wildman–Crippen LogP) is 7.03. The van der Waals surface area contributed by atoms with Gasteiger partial charge in [-0.2, -0.15) is 0 Å². The van der Waals surface area contributed by atoms with Gasteiger partial charge in [-0.3, -0.25) is 4.98 Å². The molecule has 0 unspecified atom stereocenters. The molecule has 1 aromatic heterocycles. The van der Waals surface area contributed by atoms with Crippen molar-refractivity contribution in [3.63, 3.8) is 0 Å². The van der Waals surface area contributed by atoms with E-state index in [1.807, 2.05) is 6.20 Å². The van der Waals surface area contributed by atoms with Gasteiger partial charge in [-0.1, -0.05) is 84.9 Å². The smallest absolute Gasteiger partial charge is 0.0780 e. The first-order chi connectivity index (χ1) is 13.3. The van der Waals surface area contributed by atoms with Gasteiger partial charge in [0.05, 0.1) is 5.69 Å². The third-order valence-corrected chi connectivity index (χ3v) is 5.29. The van der Waals surface area contributed by atoms with Crippen LogP contribution in [0.2, 0.25) is 0 Å². The number of rotatable bonds is 2. The molecule has 0 aliphatic rings. The summed E-state index contributed by atoms with van der Waals surface area (Å²) in [5.41, 5.74) is 5.99. The van der Waals surface area contributed by atoms with Crippen LogP contribution in [0.15, 0.2) is 97.2 Å². The van der Waals surface area contributed by atoms with Crippen LogP contribution in [0.3, 0.4) is 0 Å². The summed E-state index contributed by atoms with van der Waals surface area (Å²) in [6.07, 6.45) is 1.92. The van der Waals surface area contributed by atoms with Crippen molar-refractivity contribution in [3.8, 4) is 22.4 Å². The molecule has 0 N–H and O–H groups in total.